The van der Waals surface area contributed by atoms with Gasteiger partial charge in [-0.2, -0.15) is 0 Å². The van der Waals surface area contributed by atoms with Crippen molar-refractivity contribution < 1.29 is 34.5 Å². The van der Waals surface area contributed by atoms with E-state index in [4.69, 9.17) is 8.83 Å². The number of furan rings is 2. The first-order valence-corrected chi connectivity index (χ1v) is 21.5. The number of halogens is 2. The second-order valence-corrected chi connectivity index (χ2v) is 19.0. The number of aromatic nitrogens is 10. The van der Waals surface area contributed by atoms with E-state index in [0.29, 0.717) is 34.8 Å². The van der Waals surface area contributed by atoms with Crippen molar-refractivity contribution in [2.24, 2.45) is 0 Å². The van der Waals surface area contributed by atoms with E-state index < -0.39 is 41.8 Å². The van der Waals surface area contributed by atoms with Gasteiger partial charge in [0.25, 0.3) is 0 Å². The van der Waals surface area contributed by atoms with E-state index >= 15 is 0 Å². The molecule has 0 aromatic carbocycles. The maximum absolute atomic E-state index is 12.9. The lowest BCUT2D eigenvalue weighted by Gasteiger charge is -2.13. The quantitative estimate of drug-likeness (QED) is 0.137. The number of aryl methyl sites for hydroxylation is 2. The van der Waals surface area contributed by atoms with Crippen LogP contribution in [0.3, 0.4) is 0 Å². The monoisotopic (exact) mass is 810 g/mol. The van der Waals surface area contributed by atoms with E-state index in [0.717, 1.165) is 62.0 Å². The number of rotatable bonds is 14. The molecular weight excluding hydrogens is 771 g/mol. The van der Waals surface area contributed by atoms with Gasteiger partial charge in [-0.25, -0.2) is 45.6 Å². The molecule has 0 N–H and O–H groups in total. The summed E-state index contributed by atoms with van der Waals surface area (Å²) in [7, 11) is -7.08. The smallest absolute Gasteiger partial charge is 0.200 e. The Bertz CT molecular complexity index is 2350. The van der Waals surface area contributed by atoms with Gasteiger partial charge in [0.1, 0.15) is 46.3 Å². The van der Waals surface area contributed by atoms with Crippen LogP contribution in [0.4, 0.5) is 8.78 Å². The maximum atomic E-state index is 12.9. The molecule has 6 heterocycles. The van der Waals surface area contributed by atoms with E-state index in [-0.39, 0.29) is 48.1 Å². The summed E-state index contributed by atoms with van der Waals surface area (Å²) in [6, 6.07) is 7.67. The van der Waals surface area contributed by atoms with Crippen LogP contribution in [0.5, 0.6) is 0 Å². The van der Waals surface area contributed by atoms with E-state index in [1.807, 2.05) is 47.2 Å². The predicted molar refractivity (Wildman–Crippen MR) is 197 cm³/mol. The maximum Gasteiger partial charge on any atom is 0.200 e. The topological polar surface area (TPSA) is 208 Å². The molecule has 2 aliphatic rings. The van der Waals surface area contributed by atoms with Gasteiger partial charge in [0.15, 0.2) is 54.5 Å². The molecule has 6 aromatic rings. The van der Waals surface area contributed by atoms with Crippen molar-refractivity contribution in [3.8, 4) is 23.2 Å². The van der Waals surface area contributed by atoms with Gasteiger partial charge >= 0.3 is 0 Å². The van der Waals surface area contributed by atoms with Crippen LogP contribution in [0, 0.1) is 25.5 Å². The first-order valence-electron chi connectivity index (χ1n) is 18.0. The second kappa shape index (κ2) is 15.7. The molecule has 0 saturated heterocycles. The molecule has 6 aromatic heterocycles. The van der Waals surface area contributed by atoms with Crippen molar-refractivity contribution in [2.75, 3.05) is 0 Å². The van der Waals surface area contributed by atoms with Crippen molar-refractivity contribution in [3.63, 3.8) is 0 Å². The average Bonchev–Trinajstić information content (AvgIpc) is 4.00. The molecule has 8 rings (SSSR count). The summed E-state index contributed by atoms with van der Waals surface area (Å²) >= 11 is 0. The molecule has 0 aliphatic heterocycles. The largest absolute Gasteiger partial charge is 0.458 e. The Kier molecular flexibility index (Phi) is 10.9. The standard InChI is InChI=1S/2C18H20FN5O3S/c2*1-11-3-6-15(27-11)18-23-22-17(24(18)14-4-5-14)10-28(25,26)12(2)7-16-20-8-13(19)9-21-16/h2*3,6,8-9,12,14H,4-5,7,10H2,1-2H3/t2*12-/m10/s1. The van der Waals surface area contributed by atoms with E-state index in [2.05, 4.69) is 40.3 Å². The first kappa shape index (κ1) is 39.0. The van der Waals surface area contributed by atoms with E-state index in [1.165, 1.54) is 0 Å². The van der Waals surface area contributed by atoms with Crippen LogP contribution in [0.15, 0.2) is 57.9 Å². The van der Waals surface area contributed by atoms with E-state index in [9.17, 15) is 25.6 Å². The molecule has 0 unspecified atom stereocenters. The summed E-state index contributed by atoms with van der Waals surface area (Å²) in [5.41, 5.74) is 0. The zero-order chi connectivity index (χ0) is 39.8. The summed E-state index contributed by atoms with van der Waals surface area (Å²) in [6.45, 7) is 6.87. The lowest BCUT2D eigenvalue weighted by Crippen LogP contribution is -2.24. The minimum Gasteiger partial charge on any atom is -0.458 e. The van der Waals surface area contributed by atoms with Crippen LogP contribution in [0.1, 0.15) is 86.4 Å². The molecule has 296 valence electrons. The normalized spacial score (nSPS) is 15.7. The molecular formula is C36H40F2N10O6S2. The SMILES string of the molecule is Cc1ccc(-c2nnc(CS(=O)(=O)[C@@H](C)Cc3ncc(F)cn3)n2C2CC2)o1.Cc1ccc(-c2nnc(CS(=O)(=O)[C@H](C)Cc3ncc(F)cn3)n2C2CC2)o1. The fourth-order valence-corrected chi connectivity index (χ4v) is 8.51. The lowest BCUT2D eigenvalue weighted by atomic mass is 10.3. The van der Waals surface area contributed by atoms with Crippen LogP contribution >= 0.6 is 0 Å². The highest BCUT2D eigenvalue weighted by Gasteiger charge is 2.35. The summed E-state index contributed by atoms with van der Waals surface area (Å²) < 4.78 is 92.5. The molecule has 2 saturated carbocycles. The Hall–Kier alpha value is -5.24. The third-order valence-corrected chi connectivity index (χ3v) is 13.6. The molecule has 0 radical (unpaired) electrons. The highest BCUT2D eigenvalue weighted by atomic mass is 32.2. The zero-order valence-electron chi connectivity index (χ0n) is 31.1. The van der Waals surface area contributed by atoms with Crippen molar-refractivity contribution in [1.29, 1.82) is 0 Å². The predicted octanol–water partition coefficient (Wildman–Crippen LogP) is 5.31. The minimum atomic E-state index is -3.54. The number of sulfone groups is 2. The van der Waals surface area contributed by atoms with Gasteiger partial charge in [-0.3, -0.25) is 0 Å². The second-order valence-electron chi connectivity index (χ2n) is 14.2. The highest BCUT2D eigenvalue weighted by molar-refractivity contribution is 7.91. The first-order chi connectivity index (χ1) is 26.7. The molecule has 2 aliphatic carbocycles. The van der Waals surface area contributed by atoms with Crippen molar-refractivity contribution >= 4 is 19.7 Å². The molecule has 16 nitrogen and oxygen atoms in total. The minimum absolute atomic E-state index is 0.102. The molecule has 0 amide bonds. The number of hydrogen-bond acceptors (Lipinski definition) is 14. The van der Waals surface area contributed by atoms with Gasteiger partial charge < -0.3 is 18.0 Å². The van der Waals surface area contributed by atoms with Crippen LogP contribution < -0.4 is 0 Å². The fourth-order valence-electron chi connectivity index (χ4n) is 6.02. The Morgan fingerprint density at radius 2 is 0.982 bits per heavy atom. The molecule has 0 spiro atoms. The highest BCUT2D eigenvalue weighted by Crippen LogP contribution is 2.41. The molecule has 2 fully saturated rings. The Balaban J connectivity index is 0.000000172. The zero-order valence-corrected chi connectivity index (χ0v) is 32.7. The lowest BCUT2D eigenvalue weighted by molar-refractivity contribution is 0.536. The van der Waals surface area contributed by atoms with Crippen LogP contribution in [-0.4, -0.2) is 76.8 Å². The van der Waals surface area contributed by atoms with Gasteiger partial charge in [0.2, 0.25) is 0 Å². The Morgan fingerprint density at radius 3 is 1.29 bits per heavy atom. The van der Waals surface area contributed by atoms with Crippen LogP contribution in [0.2, 0.25) is 0 Å². The van der Waals surface area contributed by atoms with Crippen molar-refractivity contribution in [2.45, 2.75) is 100 Å². The Labute approximate surface area is 321 Å². The Morgan fingerprint density at radius 1 is 0.625 bits per heavy atom. The summed E-state index contributed by atoms with van der Waals surface area (Å²) in [4.78, 5) is 15.4. The van der Waals surface area contributed by atoms with E-state index in [1.54, 1.807) is 13.8 Å². The average molecular weight is 811 g/mol. The number of hydrogen-bond donors (Lipinski definition) is 0. The third kappa shape index (κ3) is 9.07. The number of nitrogens with zero attached hydrogens (tertiary/aromatic N) is 10. The van der Waals surface area contributed by atoms with Crippen LogP contribution in [0.25, 0.3) is 23.2 Å². The fraction of sp³-hybridized carbons (Fsp3) is 0.444. The van der Waals surface area contributed by atoms with Gasteiger partial charge in [-0.05, 0) is 77.6 Å². The van der Waals surface area contributed by atoms with Gasteiger partial charge in [0.05, 0.1) is 35.3 Å². The van der Waals surface area contributed by atoms with Gasteiger partial charge in [-0.1, -0.05) is 0 Å². The third-order valence-electron chi connectivity index (χ3n) is 9.45. The summed E-state index contributed by atoms with van der Waals surface area (Å²) in [5, 5.41) is 15.2. The van der Waals surface area contributed by atoms with Gasteiger partial charge in [-0.15, -0.1) is 20.4 Å². The van der Waals surface area contributed by atoms with Crippen LogP contribution in [-0.2, 0) is 44.0 Å². The van der Waals surface area contributed by atoms with Crippen molar-refractivity contribution in [3.05, 3.63) is 95.5 Å². The molecule has 20 heteroatoms. The molecule has 0 bridgehead atoms. The summed E-state index contributed by atoms with van der Waals surface area (Å²) in [5.74, 6) is 3.54. The molecule has 56 heavy (non-hydrogen) atoms. The summed E-state index contributed by atoms with van der Waals surface area (Å²) in [6.07, 6.45) is 8.15. The van der Waals surface area contributed by atoms with Gasteiger partial charge in [0, 0.05) is 24.9 Å². The van der Waals surface area contributed by atoms with Crippen molar-refractivity contribution in [1.82, 2.24) is 49.5 Å². The molecule has 2 atom stereocenters.